The summed E-state index contributed by atoms with van der Waals surface area (Å²) in [6, 6.07) is 19.3. The lowest BCUT2D eigenvalue weighted by atomic mass is 9.96. The van der Waals surface area contributed by atoms with Crippen LogP contribution in [0.25, 0.3) is 22.4 Å². The van der Waals surface area contributed by atoms with Gasteiger partial charge in [0, 0.05) is 11.8 Å². The summed E-state index contributed by atoms with van der Waals surface area (Å²) in [6.45, 7) is 8.72. The van der Waals surface area contributed by atoms with E-state index in [4.69, 9.17) is 5.10 Å². The summed E-state index contributed by atoms with van der Waals surface area (Å²) in [4.78, 5) is 0. The molecule has 0 unspecified atom stereocenters. The van der Waals surface area contributed by atoms with E-state index >= 15 is 0 Å². The van der Waals surface area contributed by atoms with Crippen LogP contribution in [0.4, 0.5) is 0 Å². The molecule has 2 aromatic carbocycles. The fraction of sp³-hybridized carbons (Fsp3) is 0.160. The first-order valence-electron chi connectivity index (χ1n) is 9.41. The van der Waals surface area contributed by atoms with Crippen molar-refractivity contribution in [2.24, 2.45) is 0 Å². The molecule has 0 aliphatic carbocycles. The Labute approximate surface area is 162 Å². The highest BCUT2D eigenvalue weighted by molar-refractivity contribution is 5.73. The minimum absolute atomic E-state index is 0.751. The summed E-state index contributed by atoms with van der Waals surface area (Å²) in [5.41, 5.74) is 7.21. The first kappa shape index (κ1) is 18.7. The molecule has 0 bridgehead atoms. The molecule has 0 saturated heterocycles. The zero-order valence-corrected chi connectivity index (χ0v) is 16.1. The third kappa shape index (κ3) is 4.53. The third-order valence-corrected chi connectivity index (χ3v) is 4.68. The molecule has 3 aromatic rings. The molecule has 0 saturated carbocycles. The van der Waals surface area contributed by atoms with Gasteiger partial charge in [0.05, 0.1) is 12.2 Å². The van der Waals surface area contributed by atoms with E-state index < -0.39 is 0 Å². The van der Waals surface area contributed by atoms with E-state index in [1.165, 1.54) is 27.8 Å². The first-order valence-corrected chi connectivity index (χ1v) is 9.41. The van der Waals surface area contributed by atoms with Gasteiger partial charge in [-0.15, -0.1) is 0 Å². The fourth-order valence-electron chi connectivity index (χ4n) is 3.15. The minimum Gasteiger partial charge on any atom is -0.268 e. The molecule has 0 spiro atoms. The van der Waals surface area contributed by atoms with E-state index in [9.17, 15) is 0 Å². The molecule has 1 heterocycles. The van der Waals surface area contributed by atoms with Gasteiger partial charge in [0.25, 0.3) is 0 Å². The lowest BCUT2D eigenvalue weighted by Crippen LogP contribution is -2.01. The minimum atomic E-state index is 0.751. The normalized spacial score (nSPS) is 11.9. The summed E-state index contributed by atoms with van der Waals surface area (Å²) in [5.74, 6) is 0. The summed E-state index contributed by atoms with van der Waals surface area (Å²) in [7, 11) is 0. The Balaban J connectivity index is 1.93. The lowest BCUT2D eigenvalue weighted by molar-refractivity contribution is 0.687. The zero-order chi connectivity index (χ0) is 19.1. The average molecular weight is 354 g/mol. The molecule has 1 aromatic heterocycles. The Morgan fingerprint density at radius 2 is 1.89 bits per heavy atom. The molecule has 0 aliphatic heterocycles. The molecule has 2 nitrogen and oxygen atoms in total. The van der Waals surface area contributed by atoms with Crippen LogP contribution < -0.4 is 0 Å². The highest BCUT2D eigenvalue weighted by Crippen LogP contribution is 2.29. The predicted molar refractivity (Wildman–Crippen MR) is 116 cm³/mol. The highest BCUT2D eigenvalue weighted by atomic mass is 15.3. The lowest BCUT2D eigenvalue weighted by Gasteiger charge is -2.09. The molecule has 0 aliphatic rings. The van der Waals surface area contributed by atoms with Gasteiger partial charge in [0.15, 0.2) is 0 Å². The van der Waals surface area contributed by atoms with Gasteiger partial charge < -0.3 is 0 Å². The Kier molecular flexibility index (Phi) is 6.22. The predicted octanol–water partition coefficient (Wildman–Crippen LogP) is 6.47. The van der Waals surface area contributed by atoms with Crippen LogP contribution in [0.15, 0.2) is 97.3 Å². The first-order chi connectivity index (χ1) is 13.2. The van der Waals surface area contributed by atoms with Gasteiger partial charge in [-0.25, -0.2) is 0 Å². The summed E-state index contributed by atoms with van der Waals surface area (Å²) in [6.07, 6.45) is 11.0. The van der Waals surface area contributed by atoms with E-state index in [0.717, 1.165) is 18.7 Å². The third-order valence-electron chi connectivity index (χ3n) is 4.68. The van der Waals surface area contributed by atoms with Crippen molar-refractivity contribution in [2.45, 2.75) is 26.8 Å². The maximum Gasteiger partial charge on any atom is 0.0926 e. The largest absolute Gasteiger partial charge is 0.268 e. The monoisotopic (exact) mass is 354 g/mol. The zero-order valence-electron chi connectivity index (χ0n) is 16.1. The van der Waals surface area contributed by atoms with Crippen molar-refractivity contribution in [1.29, 1.82) is 0 Å². The van der Waals surface area contributed by atoms with Gasteiger partial charge >= 0.3 is 0 Å². The molecule has 0 atom stereocenters. The quantitative estimate of drug-likeness (QED) is 0.445. The van der Waals surface area contributed by atoms with E-state index in [0.29, 0.717) is 0 Å². The molecule has 2 heteroatoms. The van der Waals surface area contributed by atoms with Crippen molar-refractivity contribution in [1.82, 2.24) is 9.78 Å². The molecule has 136 valence electrons. The fourth-order valence-corrected chi connectivity index (χ4v) is 3.15. The molecular weight excluding hydrogens is 328 g/mol. The Morgan fingerprint density at radius 3 is 2.59 bits per heavy atom. The van der Waals surface area contributed by atoms with Crippen molar-refractivity contribution in [3.63, 3.8) is 0 Å². The van der Waals surface area contributed by atoms with E-state index in [2.05, 4.69) is 80.4 Å². The van der Waals surface area contributed by atoms with Crippen LogP contribution in [-0.2, 0) is 13.0 Å². The van der Waals surface area contributed by atoms with E-state index in [1.807, 2.05) is 23.7 Å². The summed E-state index contributed by atoms with van der Waals surface area (Å²) < 4.78 is 1.99. The number of hydrogen-bond donors (Lipinski definition) is 0. The second-order valence-electron chi connectivity index (χ2n) is 6.45. The topological polar surface area (TPSA) is 17.8 Å². The number of nitrogens with zero attached hydrogens (tertiary/aromatic N) is 2. The maximum atomic E-state index is 4.84. The van der Waals surface area contributed by atoms with Crippen LogP contribution in [0.2, 0.25) is 0 Å². The van der Waals surface area contributed by atoms with Gasteiger partial charge in [0.1, 0.15) is 0 Å². The van der Waals surface area contributed by atoms with Crippen LogP contribution in [-0.4, -0.2) is 9.78 Å². The smallest absolute Gasteiger partial charge is 0.0926 e. The number of hydrogen-bond acceptors (Lipinski definition) is 1. The van der Waals surface area contributed by atoms with Crippen molar-refractivity contribution < 1.29 is 0 Å². The van der Waals surface area contributed by atoms with Crippen LogP contribution in [0, 0.1) is 0 Å². The number of aryl methyl sites for hydroxylation is 1. The van der Waals surface area contributed by atoms with Gasteiger partial charge in [-0.1, -0.05) is 80.3 Å². The van der Waals surface area contributed by atoms with Crippen molar-refractivity contribution in [3.05, 3.63) is 103 Å². The van der Waals surface area contributed by atoms with Gasteiger partial charge in [-0.05, 0) is 47.7 Å². The van der Waals surface area contributed by atoms with Gasteiger partial charge in [-0.2, -0.15) is 5.10 Å². The molecule has 0 fully saturated rings. The highest BCUT2D eigenvalue weighted by Gasteiger charge is 2.10. The standard InChI is InChI=1S/C25H26N2/c1-4-7-11-20(5-2)19-27-17-16-25(26-27)24-18-23(15-14-21(24)6-3)22-12-9-8-10-13-22/h4-5,7-18H,1,6,19H2,2-3H3/b11-7-,20-5+. The summed E-state index contributed by atoms with van der Waals surface area (Å²) in [5, 5.41) is 4.84. The second kappa shape index (κ2) is 9.00. The Morgan fingerprint density at radius 1 is 1.07 bits per heavy atom. The van der Waals surface area contributed by atoms with Crippen LogP contribution in [0.5, 0.6) is 0 Å². The maximum absolute atomic E-state index is 4.84. The van der Waals surface area contributed by atoms with Crippen LogP contribution in [0.3, 0.4) is 0 Å². The molecular formula is C25H26N2. The van der Waals surface area contributed by atoms with Crippen molar-refractivity contribution in [3.8, 4) is 22.4 Å². The Bertz CT molecular complexity index is 959. The number of allylic oxidation sites excluding steroid dienone is 5. The molecule has 0 radical (unpaired) electrons. The molecule has 0 amide bonds. The van der Waals surface area contributed by atoms with E-state index in [-0.39, 0.29) is 0 Å². The number of benzene rings is 2. The van der Waals surface area contributed by atoms with Gasteiger partial charge in [-0.3, -0.25) is 4.68 Å². The Hall–Kier alpha value is -3.13. The second-order valence-corrected chi connectivity index (χ2v) is 6.45. The van der Waals surface area contributed by atoms with Gasteiger partial charge in [0.2, 0.25) is 0 Å². The van der Waals surface area contributed by atoms with Crippen molar-refractivity contribution in [2.75, 3.05) is 0 Å². The molecule has 3 rings (SSSR count). The molecule has 27 heavy (non-hydrogen) atoms. The SMILES string of the molecule is C=C/C=C\C(=C/C)Cn1ccc(-c2cc(-c3ccccc3)ccc2CC)n1. The number of aromatic nitrogens is 2. The van der Waals surface area contributed by atoms with E-state index in [1.54, 1.807) is 6.08 Å². The van der Waals surface area contributed by atoms with Crippen LogP contribution in [0.1, 0.15) is 19.4 Å². The van der Waals surface area contributed by atoms with Crippen LogP contribution >= 0.6 is 0 Å². The van der Waals surface area contributed by atoms with Crippen molar-refractivity contribution >= 4 is 0 Å². The molecule has 0 N–H and O–H groups in total. The number of rotatable bonds is 7. The average Bonchev–Trinajstić information content (AvgIpc) is 3.19. The summed E-state index contributed by atoms with van der Waals surface area (Å²) >= 11 is 0.